The number of hydrogen-bond acceptors (Lipinski definition) is 3. The molecular weight excluding hydrogens is 198 g/mol. The molecular formula is C10H17NO4. The number of carbonyl (C=O) groups excluding carboxylic acids is 1. The van der Waals surface area contributed by atoms with Gasteiger partial charge in [-0.3, -0.25) is 9.59 Å². The molecule has 2 atom stereocenters. The molecule has 1 aliphatic heterocycles. The molecule has 0 aliphatic carbocycles. The van der Waals surface area contributed by atoms with Crippen molar-refractivity contribution in [2.45, 2.75) is 25.8 Å². The second-order valence-corrected chi connectivity index (χ2v) is 3.80. The SMILES string of the molecule is CCC(COC)N1CC(C(=O)O)CC1=O. The standard InChI is InChI=1S/C10H17NO4/c1-3-8(6-15-2)11-5-7(10(13)14)4-9(11)12/h7-8H,3-6H2,1-2H3,(H,13,14). The minimum Gasteiger partial charge on any atom is -0.481 e. The van der Waals surface area contributed by atoms with E-state index in [2.05, 4.69) is 0 Å². The third kappa shape index (κ3) is 2.68. The van der Waals surface area contributed by atoms with Gasteiger partial charge in [-0.05, 0) is 6.42 Å². The molecule has 0 radical (unpaired) electrons. The minimum absolute atomic E-state index is 0.00634. The van der Waals surface area contributed by atoms with Gasteiger partial charge < -0.3 is 14.7 Å². The molecule has 1 heterocycles. The van der Waals surface area contributed by atoms with Crippen molar-refractivity contribution >= 4 is 11.9 Å². The van der Waals surface area contributed by atoms with Crippen molar-refractivity contribution in [3.05, 3.63) is 0 Å². The van der Waals surface area contributed by atoms with Gasteiger partial charge in [-0.2, -0.15) is 0 Å². The highest BCUT2D eigenvalue weighted by molar-refractivity contribution is 5.86. The lowest BCUT2D eigenvalue weighted by Crippen LogP contribution is -2.39. The fourth-order valence-electron chi connectivity index (χ4n) is 1.87. The van der Waals surface area contributed by atoms with Crippen LogP contribution in [0.4, 0.5) is 0 Å². The molecule has 2 unspecified atom stereocenters. The summed E-state index contributed by atoms with van der Waals surface area (Å²) in [5.41, 5.74) is 0. The number of aliphatic carboxylic acids is 1. The van der Waals surface area contributed by atoms with Crippen LogP contribution >= 0.6 is 0 Å². The largest absolute Gasteiger partial charge is 0.481 e. The van der Waals surface area contributed by atoms with Gasteiger partial charge in [0, 0.05) is 20.1 Å². The Morgan fingerprint density at radius 1 is 1.73 bits per heavy atom. The summed E-state index contributed by atoms with van der Waals surface area (Å²) in [5, 5.41) is 8.82. The maximum absolute atomic E-state index is 11.6. The molecule has 1 N–H and O–H groups in total. The van der Waals surface area contributed by atoms with Crippen LogP contribution in [-0.4, -0.2) is 48.2 Å². The summed E-state index contributed by atoms with van der Waals surface area (Å²) in [6, 6.07) is 0.00634. The summed E-state index contributed by atoms with van der Waals surface area (Å²) < 4.78 is 5.01. The maximum Gasteiger partial charge on any atom is 0.308 e. The topological polar surface area (TPSA) is 66.8 Å². The van der Waals surface area contributed by atoms with Crippen molar-refractivity contribution in [1.29, 1.82) is 0 Å². The molecule has 0 spiro atoms. The number of methoxy groups -OCH3 is 1. The first-order valence-electron chi connectivity index (χ1n) is 5.11. The van der Waals surface area contributed by atoms with Gasteiger partial charge >= 0.3 is 5.97 Å². The van der Waals surface area contributed by atoms with E-state index in [9.17, 15) is 9.59 Å². The smallest absolute Gasteiger partial charge is 0.308 e. The molecule has 1 aliphatic rings. The van der Waals surface area contributed by atoms with Crippen molar-refractivity contribution < 1.29 is 19.4 Å². The van der Waals surface area contributed by atoms with Crippen molar-refractivity contribution in [3.63, 3.8) is 0 Å². The van der Waals surface area contributed by atoms with E-state index in [4.69, 9.17) is 9.84 Å². The van der Waals surface area contributed by atoms with Crippen LogP contribution in [-0.2, 0) is 14.3 Å². The molecule has 15 heavy (non-hydrogen) atoms. The molecule has 1 amide bonds. The molecule has 5 nitrogen and oxygen atoms in total. The zero-order valence-corrected chi connectivity index (χ0v) is 9.10. The Morgan fingerprint density at radius 3 is 2.80 bits per heavy atom. The van der Waals surface area contributed by atoms with Crippen LogP contribution in [0.3, 0.4) is 0 Å². The molecule has 0 aromatic carbocycles. The maximum atomic E-state index is 11.6. The van der Waals surface area contributed by atoms with E-state index in [-0.39, 0.29) is 18.4 Å². The van der Waals surface area contributed by atoms with Crippen LogP contribution in [0.5, 0.6) is 0 Å². The van der Waals surface area contributed by atoms with Gasteiger partial charge in [-0.25, -0.2) is 0 Å². The van der Waals surface area contributed by atoms with Gasteiger partial charge in [-0.1, -0.05) is 6.92 Å². The molecule has 0 saturated carbocycles. The lowest BCUT2D eigenvalue weighted by Gasteiger charge is -2.26. The average molecular weight is 215 g/mol. The Hall–Kier alpha value is -1.10. The highest BCUT2D eigenvalue weighted by Gasteiger charge is 2.37. The molecule has 5 heteroatoms. The monoisotopic (exact) mass is 215 g/mol. The molecule has 0 aromatic rings. The third-order valence-electron chi connectivity index (χ3n) is 2.78. The predicted octanol–water partition coefficient (Wildman–Crippen LogP) is 0.344. The van der Waals surface area contributed by atoms with Crippen molar-refractivity contribution in [3.8, 4) is 0 Å². The molecule has 86 valence electrons. The van der Waals surface area contributed by atoms with Crippen LogP contribution in [0.15, 0.2) is 0 Å². The first kappa shape index (κ1) is 12.0. The second kappa shape index (κ2) is 5.11. The highest BCUT2D eigenvalue weighted by atomic mass is 16.5. The first-order valence-corrected chi connectivity index (χ1v) is 5.11. The number of amides is 1. The number of nitrogens with zero attached hydrogens (tertiary/aromatic N) is 1. The van der Waals surface area contributed by atoms with E-state index in [1.54, 1.807) is 12.0 Å². The predicted molar refractivity (Wildman–Crippen MR) is 53.4 cm³/mol. The Kier molecular flexibility index (Phi) is 4.08. The summed E-state index contributed by atoms with van der Waals surface area (Å²) in [6.07, 6.45) is 0.904. The van der Waals surface area contributed by atoms with Gasteiger partial charge in [0.2, 0.25) is 5.91 Å². The fraction of sp³-hybridized carbons (Fsp3) is 0.800. The first-order chi connectivity index (χ1) is 7.10. The highest BCUT2D eigenvalue weighted by Crippen LogP contribution is 2.21. The van der Waals surface area contributed by atoms with E-state index < -0.39 is 11.9 Å². The average Bonchev–Trinajstić information content (AvgIpc) is 2.57. The van der Waals surface area contributed by atoms with Gasteiger partial charge in [0.1, 0.15) is 0 Å². The van der Waals surface area contributed by atoms with Crippen LogP contribution in [0, 0.1) is 5.92 Å². The van der Waals surface area contributed by atoms with Gasteiger partial charge in [-0.15, -0.1) is 0 Å². The van der Waals surface area contributed by atoms with Gasteiger partial charge in [0.15, 0.2) is 0 Å². The third-order valence-corrected chi connectivity index (χ3v) is 2.78. The Morgan fingerprint density at radius 2 is 2.40 bits per heavy atom. The molecule has 0 bridgehead atoms. The number of hydrogen-bond donors (Lipinski definition) is 1. The van der Waals surface area contributed by atoms with Crippen molar-refractivity contribution in [2.75, 3.05) is 20.3 Å². The van der Waals surface area contributed by atoms with Crippen LogP contribution in [0.25, 0.3) is 0 Å². The Bertz CT molecular complexity index is 254. The summed E-state index contributed by atoms with van der Waals surface area (Å²) >= 11 is 0. The van der Waals surface area contributed by atoms with Crippen molar-refractivity contribution in [1.82, 2.24) is 4.90 Å². The summed E-state index contributed by atoms with van der Waals surface area (Å²) in [4.78, 5) is 23.9. The van der Waals surface area contributed by atoms with Crippen LogP contribution in [0.1, 0.15) is 19.8 Å². The zero-order valence-electron chi connectivity index (χ0n) is 9.10. The molecule has 1 saturated heterocycles. The Labute approximate surface area is 89.0 Å². The molecule has 1 rings (SSSR count). The van der Waals surface area contributed by atoms with E-state index in [0.29, 0.717) is 13.2 Å². The summed E-state index contributed by atoms with van der Waals surface area (Å²) in [6.45, 7) is 2.75. The zero-order chi connectivity index (χ0) is 11.4. The lowest BCUT2D eigenvalue weighted by atomic mass is 10.1. The van der Waals surface area contributed by atoms with E-state index in [0.717, 1.165) is 6.42 Å². The van der Waals surface area contributed by atoms with Gasteiger partial charge in [0.25, 0.3) is 0 Å². The molecule has 1 fully saturated rings. The molecule has 0 aromatic heterocycles. The van der Waals surface area contributed by atoms with Gasteiger partial charge in [0.05, 0.1) is 18.6 Å². The van der Waals surface area contributed by atoms with Crippen LogP contribution in [0.2, 0.25) is 0 Å². The second-order valence-electron chi connectivity index (χ2n) is 3.80. The lowest BCUT2D eigenvalue weighted by molar-refractivity contribution is -0.141. The van der Waals surface area contributed by atoms with Crippen LogP contribution < -0.4 is 0 Å². The number of carboxylic acid groups (broad SMARTS) is 1. The van der Waals surface area contributed by atoms with E-state index >= 15 is 0 Å². The van der Waals surface area contributed by atoms with Crippen molar-refractivity contribution in [2.24, 2.45) is 5.92 Å². The number of rotatable bonds is 5. The fourth-order valence-corrected chi connectivity index (χ4v) is 1.87. The normalized spacial score (nSPS) is 23.2. The number of carboxylic acids is 1. The minimum atomic E-state index is -0.891. The number of likely N-dealkylation sites (tertiary alicyclic amines) is 1. The summed E-state index contributed by atoms with van der Waals surface area (Å²) in [5.74, 6) is -1.52. The number of ether oxygens (including phenoxy) is 1. The van der Waals surface area contributed by atoms with E-state index in [1.807, 2.05) is 6.92 Å². The quantitative estimate of drug-likeness (QED) is 0.718. The van der Waals surface area contributed by atoms with E-state index in [1.165, 1.54) is 0 Å². The Balaban J connectivity index is 2.62. The summed E-state index contributed by atoms with van der Waals surface area (Å²) in [7, 11) is 1.58. The number of carbonyl (C=O) groups is 2.